The fraction of sp³-hybridized carbons (Fsp3) is 0.136. The van der Waals surface area contributed by atoms with Gasteiger partial charge in [0.1, 0.15) is 4.90 Å². The van der Waals surface area contributed by atoms with Gasteiger partial charge in [-0.1, -0.05) is 53.5 Å². The molecule has 30 heavy (non-hydrogen) atoms. The van der Waals surface area contributed by atoms with E-state index in [2.05, 4.69) is 10.0 Å². The minimum Gasteiger partial charge on any atom is -0.348 e. The largest absolute Gasteiger partial charge is 0.348 e. The summed E-state index contributed by atoms with van der Waals surface area (Å²) in [5.74, 6) is -0.435. The number of rotatable bonds is 6. The molecule has 0 aliphatic heterocycles. The van der Waals surface area contributed by atoms with Gasteiger partial charge in [-0.15, -0.1) is 0 Å². The van der Waals surface area contributed by atoms with Crippen molar-refractivity contribution in [3.63, 3.8) is 0 Å². The minimum atomic E-state index is -4.00. The van der Waals surface area contributed by atoms with E-state index < -0.39 is 15.9 Å². The monoisotopic (exact) mass is 462 g/mol. The molecule has 0 saturated carbocycles. The molecule has 0 aromatic heterocycles. The Bertz CT molecular complexity index is 1210. The van der Waals surface area contributed by atoms with Crippen molar-refractivity contribution in [1.29, 1.82) is 0 Å². The van der Waals surface area contributed by atoms with Gasteiger partial charge in [-0.25, -0.2) is 8.42 Å². The summed E-state index contributed by atoms with van der Waals surface area (Å²) in [6.45, 7) is 3.88. The maximum atomic E-state index is 12.9. The molecule has 0 atom stereocenters. The van der Waals surface area contributed by atoms with Crippen LogP contribution in [0.25, 0.3) is 0 Å². The van der Waals surface area contributed by atoms with Gasteiger partial charge in [0.25, 0.3) is 15.9 Å². The van der Waals surface area contributed by atoms with Gasteiger partial charge in [-0.3, -0.25) is 9.52 Å². The van der Waals surface area contributed by atoms with Gasteiger partial charge in [0, 0.05) is 17.1 Å². The van der Waals surface area contributed by atoms with Gasteiger partial charge in [0.2, 0.25) is 0 Å². The smallest absolute Gasteiger partial charge is 0.263 e. The van der Waals surface area contributed by atoms with Crippen LogP contribution >= 0.6 is 23.2 Å². The third kappa shape index (κ3) is 5.14. The molecule has 0 radical (unpaired) electrons. The molecule has 3 aromatic carbocycles. The predicted octanol–water partition coefficient (Wildman–Crippen LogP) is 5.34. The summed E-state index contributed by atoms with van der Waals surface area (Å²) in [5.41, 5.74) is 3.07. The number of sulfonamides is 1. The Morgan fingerprint density at radius 2 is 1.67 bits per heavy atom. The van der Waals surface area contributed by atoms with Crippen molar-refractivity contribution in [3.8, 4) is 0 Å². The van der Waals surface area contributed by atoms with Crippen LogP contribution in [0, 0.1) is 13.8 Å². The molecule has 8 heteroatoms. The van der Waals surface area contributed by atoms with Crippen molar-refractivity contribution < 1.29 is 13.2 Å². The summed E-state index contributed by atoms with van der Waals surface area (Å²) < 4.78 is 28.4. The number of aryl methyl sites for hydroxylation is 2. The average molecular weight is 463 g/mol. The lowest BCUT2D eigenvalue weighted by Crippen LogP contribution is -2.23. The summed E-state index contributed by atoms with van der Waals surface area (Å²) in [6, 6.07) is 16.7. The van der Waals surface area contributed by atoms with E-state index in [0.717, 1.165) is 16.7 Å². The molecular formula is C22H20Cl2N2O3S. The summed E-state index contributed by atoms with van der Waals surface area (Å²) in [4.78, 5) is 12.4. The average Bonchev–Trinajstić information content (AvgIpc) is 2.70. The van der Waals surface area contributed by atoms with Crippen LogP contribution in [-0.4, -0.2) is 14.3 Å². The molecule has 1 amide bonds. The zero-order chi connectivity index (χ0) is 21.9. The Balaban J connectivity index is 1.84. The van der Waals surface area contributed by atoms with E-state index >= 15 is 0 Å². The first kappa shape index (κ1) is 22.2. The predicted molar refractivity (Wildman–Crippen MR) is 121 cm³/mol. The Kier molecular flexibility index (Phi) is 6.71. The molecule has 2 N–H and O–H groups in total. The zero-order valence-corrected chi connectivity index (χ0v) is 18.7. The highest BCUT2D eigenvalue weighted by Gasteiger charge is 2.21. The first-order valence-electron chi connectivity index (χ1n) is 9.08. The van der Waals surface area contributed by atoms with Gasteiger partial charge in [0.05, 0.1) is 10.7 Å². The highest BCUT2D eigenvalue weighted by molar-refractivity contribution is 7.92. The van der Waals surface area contributed by atoms with Gasteiger partial charge in [-0.2, -0.15) is 0 Å². The van der Waals surface area contributed by atoms with Gasteiger partial charge in [0.15, 0.2) is 0 Å². The molecule has 0 saturated heterocycles. The maximum Gasteiger partial charge on any atom is 0.263 e. The summed E-state index contributed by atoms with van der Waals surface area (Å²) in [7, 11) is -4.00. The van der Waals surface area contributed by atoms with E-state index in [0.29, 0.717) is 10.7 Å². The number of hydrogen-bond acceptors (Lipinski definition) is 3. The lowest BCUT2D eigenvalue weighted by atomic mass is 10.1. The van der Waals surface area contributed by atoms with Gasteiger partial charge >= 0.3 is 0 Å². The van der Waals surface area contributed by atoms with Crippen LogP contribution in [0.2, 0.25) is 10.0 Å². The Morgan fingerprint density at radius 1 is 0.933 bits per heavy atom. The van der Waals surface area contributed by atoms with Crippen molar-refractivity contribution >= 4 is 44.8 Å². The molecule has 0 unspecified atom stereocenters. The fourth-order valence-electron chi connectivity index (χ4n) is 2.82. The van der Waals surface area contributed by atoms with Crippen LogP contribution in [0.3, 0.4) is 0 Å². The third-order valence-electron chi connectivity index (χ3n) is 4.52. The fourth-order valence-corrected chi connectivity index (χ4v) is 4.67. The molecule has 156 valence electrons. The number of carbonyl (C=O) groups excluding carboxylic acids is 1. The van der Waals surface area contributed by atoms with Crippen LogP contribution < -0.4 is 10.0 Å². The summed E-state index contributed by atoms with van der Waals surface area (Å²) >= 11 is 12.3. The number of amides is 1. The van der Waals surface area contributed by atoms with Crippen molar-refractivity contribution in [2.75, 3.05) is 4.72 Å². The van der Waals surface area contributed by atoms with Gasteiger partial charge < -0.3 is 5.32 Å². The van der Waals surface area contributed by atoms with Crippen LogP contribution in [0.5, 0.6) is 0 Å². The lowest BCUT2D eigenvalue weighted by molar-refractivity contribution is 0.0950. The number of carbonyl (C=O) groups is 1. The number of benzene rings is 3. The first-order valence-corrected chi connectivity index (χ1v) is 11.3. The molecule has 0 bridgehead atoms. The lowest BCUT2D eigenvalue weighted by Gasteiger charge is -2.13. The molecule has 0 spiro atoms. The molecule has 3 rings (SSSR count). The second-order valence-electron chi connectivity index (χ2n) is 6.84. The van der Waals surface area contributed by atoms with Crippen LogP contribution in [0.4, 0.5) is 5.69 Å². The van der Waals surface area contributed by atoms with E-state index in [4.69, 9.17) is 23.2 Å². The first-order chi connectivity index (χ1) is 14.2. The van der Waals surface area contributed by atoms with Crippen molar-refractivity contribution in [2.45, 2.75) is 25.3 Å². The normalized spacial score (nSPS) is 11.2. The Hall–Kier alpha value is -2.54. The number of nitrogens with one attached hydrogen (secondary N) is 2. The van der Waals surface area contributed by atoms with Crippen molar-refractivity contribution in [1.82, 2.24) is 5.32 Å². The van der Waals surface area contributed by atoms with Crippen LogP contribution in [0.1, 0.15) is 27.0 Å². The highest BCUT2D eigenvalue weighted by Crippen LogP contribution is 2.27. The number of anilines is 1. The van der Waals surface area contributed by atoms with E-state index in [-0.39, 0.29) is 22.0 Å². The Labute approximate surface area is 186 Å². The SMILES string of the molecule is Cc1ccc(C)c(NS(=O)(=O)c2cc(C(=O)NCc3ccccc3Cl)ccc2Cl)c1. The number of halogens is 2. The van der Waals surface area contributed by atoms with Crippen molar-refractivity contribution in [2.24, 2.45) is 0 Å². The molecule has 0 heterocycles. The quantitative estimate of drug-likeness (QED) is 0.518. The number of hydrogen-bond donors (Lipinski definition) is 2. The van der Waals surface area contributed by atoms with Gasteiger partial charge in [-0.05, 0) is 60.9 Å². The van der Waals surface area contributed by atoms with E-state index in [9.17, 15) is 13.2 Å². The maximum absolute atomic E-state index is 12.9. The van der Waals surface area contributed by atoms with Crippen LogP contribution in [-0.2, 0) is 16.6 Å². The minimum absolute atomic E-state index is 0.0236. The molecule has 0 aliphatic carbocycles. The topological polar surface area (TPSA) is 75.3 Å². The van der Waals surface area contributed by atoms with Crippen molar-refractivity contribution in [3.05, 3.63) is 93.0 Å². The molecular weight excluding hydrogens is 443 g/mol. The standard InChI is InChI=1S/C22H20Cl2N2O3S/c1-14-7-8-15(2)20(11-14)26-30(28,29)21-12-16(9-10-19(21)24)22(27)25-13-17-5-3-4-6-18(17)23/h3-12,26H,13H2,1-2H3,(H,25,27). The molecule has 0 aliphatic rings. The van der Waals surface area contributed by atoms with E-state index in [1.807, 2.05) is 25.1 Å². The second-order valence-corrected chi connectivity index (χ2v) is 9.31. The highest BCUT2D eigenvalue weighted by atomic mass is 35.5. The summed E-state index contributed by atoms with van der Waals surface area (Å²) in [5, 5.41) is 3.30. The zero-order valence-electron chi connectivity index (χ0n) is 16.4. The molecule has 5 nitrogen and oxygen atoms in total. The van der Waals surface area contributed by atoms with E-state index in [1.165, 1.54) is 18.2 Å². The summed E-state index contributed by atoms with van der Waals surface area (Å²) in [6.07, 6.45) is 0. The van der Waals surface area contributed by atoms with E-state index in [1.54, 1.807) is 31.2 Å². The molecule has 0 fully saturated rings. The second kappa shape index (κ2) is 9.08. The van der Waals surface area contributed by atoms with Crippen LogP contribution in [0.15, 0.2) is 65.6 Å². The Morgan fingerprint density at radius 3 is 2.40 bits per heavy atom. The third-order valence-corrected chi connectivity index (χ3v) is 6.73. The molecule has 3 aromatic rings.